The van der Waals surface area contributed by atoms with Gasteiger partial charge in [-0.1, -0.05) is 18.2 Å². The lowest BCUT2D eigenvalue weighted by Crippen LogP contribution is -2.27. The van der Waals surface area contributed by atoms with Crippen LogP contribution >= 0.6 is 0 Å². The topological polar surface area (TPSA) is 50.4 Å². The Morgan fingerprint density at radius 1 is 1.12 bits per heavy atom. The van der Waals surface area contributed by atoms with Crippen molar-refractivity contribution in [3.8, 4) is 0 Å². The maximum absolute atomic E-state index is 4.51. The molecule has 4 rings (SSSR count). The molecule has 0 spiro atoms. The molecule has 0 bridgehead atoms. The van der Waals surface area contributed by atoms with Gasteiger partial charge in [0.1, 0.15) is 0 Å². The summed E-state index contributed by atoms with van der Waals surface area (Å²) in [4.78, 5) is 11.0. The number of nitrogens with zero attached hydrogens (tertiary/aromatic N) is 6. The Balaban J connectivity index is 1.80. The Hall–Kier alpha value is -3.28. The zero-order valence-electron chi connectivity index (χ0n) is 14.5. The number of fused-ring (bicyclic) bond motifs is 3. The minimum Gasteiger partial charge on any atom is -0.378 e. The van der Waals surface area contributed by atoms with Crippen LogP contribution in [0.15, 0.2) is 48.8 Å². The molecule has 4 aromatic rings. The van der Waals surface area contributed by atoms with Gasteiger partial charge in [-0.15, -0.1) is 14.5 Å². The third-order valence-corrected chi connectivity index (χ3v) is 4.05. The SMILES string of the molecule is Cc1cc(/C=C/c2ccc(N(C)C)cc2)[n+]2c(n1)nn1cccnc12. The quantitative estimate of drug-likeness (QED) is 0.541. The highest BCUT2D eigenvalue weighted by molar-refractivity contribution is 5.68. The lowest BCUT2D eigenvalue weighted by Gasteiger charge is -2.11. The molecule has 6 nitrogen and oxygen atoms in total. The number of anilines is 1. The predicted octanol–water partition coefficient (Wildman–Crippen LogP) is 2.41. The van der Waals surface area contributed by atoms with E-state index >= 15 is 0 Å². The van der Waals surface area contributed by atoms with Gasteiger partial charge < -0.3 is 4.90 Å². The molecular formula is C19H19N6+. The van der Waals surface area contributed by atoms with Crippen molar-refractivity contribution in [2.45, 2.75) is 6.92 Å². The maximum atomic E-state index is 4.51. The lowest BCUT2D eigenvalue weighted by atomic mass is 10.1. The van der Waals surface area contributed by atoms with E-state index < -0.39 is 0 Å². The van der Waals surface area contributed by atoms with Gasteiger partial charge in [0.05, 0.1) is 23.8 Å². The summed E-state index contributed by atoms with van der Waals surface area (Å²) in [6.07, 6.45) is 7.80. The smallest absolute Gasteiger partial charge is 0.378 e. The summed E-state index contributed by atoms with van der Waals surface area (Å²) in [5.74, 6) is 1.38. The molecule has 0 aliphatic carbocycles. The van der Waals surface area contributed by atoms with Crippen molar-refractivity contribution < 1.29 is 4.40 Å². The van der Waals surface area contributed by atoms with Crippen LogP contribution in [0.5, 0.6) is 0 Å². The van der Waals surface area contributed by atoms with Gasteiger partial charge in [0.25, 0.3) is 0 Å². The predicted molar refractivity (Wildman–Crippen MR) is 98.4 cm³/mol. The van der Waals surface area contributed by atoms with Crippen molar-refractivity contribution in [3.63, 3.8) is 0 Å². The fourth-order valence-corrected chi connectivity index (χ4v) is 2.78. The van der Waals surface area contributed by atoms with Crippen molar-refractivity contribution in [1.82, 2.24) is 19.6 Å². The van der Waals surface area contributed by atoms with Gasteiger partial charge in [0.2, 0.25) is 0 Å². The zero-order chi connectivity index (χ0) is 17.4. The fourth-order valence-electron chi connectivity index (χ4n) is 2.78. The minimum absolute atomic E-state index is 0.640. The standard InChI is InChI=1S/C19H19N6/c1-14-13-17(10-7-15-5-8-16(9-6-15)23(2)3)25-18(21-14)22-24-12-4-11-20-19(24)25/h4-13H,1-3H3/q+1/b10-7+. The summed E-state index contributed by atoms with van der Waals surface area (Å²) in [5.41, 5.74) is 4.23. The molecule has 0 aliphatic rings. The van der Waals surface area contributed by atoms with Gasteiger partial charge in [-0.05, 0) is 36.8 Å². The molecule has 124 valence electrons. The first-order valence-electron chi connectivity index (χ1n) is 8.10. The zero-order valence-corrected chi connectivity index (χ0v) is 14.5. The van der Waals surface area contributed by atoms with E-state index in [-0.39, 0.29) is 0 Å². The van der Waals surface area contributed by atoms with Crippen molar-refractivity contribution >= 4 is 29.4 Å². The minimum atomic E-state index is 0.640. The van der Waals surface area contributed by atoms with Gasteiger partial charge in [0, 0.05) is 30.9 Å². The first-order valence-corrected chi connectivity index (χ1v) is 8.10. The molecule has 3 aromatic heterocycles. The molecule has 0 N–H and O–H groups in total. The Bertz CT molecular complexity index is 1080. The number of aromatic nitrogens is 5. The van der Waals surface area contributed by atoms with E-state index in [0.29, 0.717) is 5.78 Å². The Labute approximate surface area is 145 Å². The number of aryl methyl sites for hydroxylation is 1. The van der Waals surface area contributed by atoms with E-state index in [4.69, 9.17) is 0 Å². The second-order valence-electron chi connectivity index (χ2n) is 6.14. The van der Waals surface area contributed by atoms with Gasteiger partial charge in [-0.3, -0.25) is 0 Å². The highest BCUT2D eigenvalue weighted by Crippen LogP contribution is 2.14. The normalized spacial score (nSPS) is 11.6. The van der Waals surface area contributed by atoms with E-state index in [2.05, 4.69) is 56.4 Å². The Morgan fingerprint density at radius 3 is 2.68 bits per heavy atom. The van der Waals surface area contributed by atoms with E-state index in [1.54, 1.807) is 10.7 Å². The summed E-state index contributed by atoms with van der Waals surface area (Å²) >= 11 is 0. The third kappa shape index (κ3) is 2.82. The Kier molecular flexibility index (Phi) is 3.65. The lowest BCUT2D eigenvalue weighted by molar-refractivity contribution is -0.490. The highest BCUT2D eigenvalue weighted by atomic mass is 15.4. The van der Waals surface area contributed by atoms with Crippen LogP contribution in [0.3, 0.4) is 0 Å². The highest BCUT2D eigenvalue weighted by Gasteiger charge is 2.17. The number of rotatable bonds is 3. The molecule has 0 amide bonds. The molecule has 6 heteroatoms. The van der Waals surface area contributed by atoms with Crippen LogP contribution in [0.4, 0.5) is 5.69 Å². The van der Waals surface area contributed by atoms with Crippen LogP contribution in [0.2, 0.25) is 0 Å². The summed E-state index contributed by atoms with van der Waals surface area (Å²) in [6, 6.07) is 12.3. The third-order valence-electron chi connectivity index (χ3n) is 4.05. The summed E-state index contributed by atoms with van der Waals surface area (Å²) in [5, 5.41) is 4.49. The second-order valence-corrected chi connectivity index (χ2v) is 6.14. The van der Waals surface area contributed by atoms with Crippen LogP contribution in [0, 0.1) is 6.92 Å². The van der Waals surface area contributed by atoms with Crippen molar-refractivity contribution in [3.05, 3.63) is 65.7 Å². The maximum Gasteiger partial charge on any atom is 0.389 e. The summed E-state index contributed by atoms with van der Waals surface area (Å²) in [7, 11) is 4.08. The van der Waals surface area contributed by atoms with Crippen molar-refractivity contribution in [2.24, 2.45) is 0 Å². The molecule has 0 fully saturated rings. The van der Waals surface area contributed by atoms with Gasteiger partial charge in [-0.2, -0.15) is 4.40 Å². The van der Waals surface area contributed by atoms with Crippen LogP contribution in [-0.2, 0) is 0 Å². The molecule has 0 saturated carbocycles. The first kappa shape index (κ1) is 15.3. The molecular weight excluding hydrogens is 312 g/mol. The molecule has 0 unspecified atom stereocenters. The molecule has 0 aliphatic heterocycles. The first-order chi connectivity index (χ1) is 12.1. The molecule has 3 heterocycles. The fraction of sp³-hybridized carbons (Fsp3) is 0.158. The number of benzene rings is 1. The Morgan fingerprint density at radius 2 is 1.92 bits per heavy atom. The average Bonchev–Trinajstić information content (AvgIpc) is 2.98. The van der Waals surface area contributed by atoms with E-state index in [1.165, 1.54) is 5.69 Å². The second kappa shape index (κ2) is 5.98. The largest absolute Gasteiger partial charge is 0.389 e. The van der Waals surface area contributed by atoms with Crippen molar-refractivity contribution in [2.75, 3.05) is 19.0 Å². The van der Waals surface area contributed by atoms with Crippen LogP contribution in [-0.4, -0.2) is 33.7 Å². The molecule has 0 saturated heterocycles. The van der Waals surface area contributed by atoms with Crippen LogP contribution in [0.25, 0.3) is 23.7 Å². The molecule has 25 heavy (non-hydrogen) atoms. The molecule has 1 aromatic carbocycles. The van der Waals surface area contributed by atoms with Crippen LogP contribution < -0.4 is 9.30 Å². The van der Waals surface area contributed by atoms with Gasteiger partial charge in [0.15, 0.2) is 0 Å². The molecule has 0 atom stereocenters. The van der Waals surface area contributed by atoms with Crippen molar-refractivity contribution in [1.29, 1.82) is 0 Å². The average molecular weight is 331 g/mol. The van der Waals surface area contributed by atoms with Gasteiger partial charge >= 0.3 is 11.6 Å². The summed E-state index contributed by atoms with van der Waals surface area (Å²) < 4.78 is 3.70. The number of hydrogen-bond acceptors (Lipinski definition) is 4. The van der Waals surface area contributed by atoms with Crippen LogP contribution in [0.1, 0.15) is 17.0 Å². The van der Waals surface area contributed by atoms with E-state index in [9.17, 15) is 0 Å². The van der Waals surface area contributed by atoms with Gasteiger partial charge in [-0.25, -0.2) is 0 Å². The molecule has 0 radical (unpaired) electrons. The van der Waals surface area contributed by atoms with E-state index in [0.717, 1.165) is 22.7 Å². The number of hydrogen-bond donors (Lipinski definition) is 0. The monoisotopic (exact) mass is 331 g/mol. The summed E-state index contributed by atoms with van der Waals surface area (Å²) in [6.45, 7) is 1.97. The van der Waals surface area contributed by atoms with E-state index in [1.807, 2.05) is 43.7 Å².